The molecule has 0 spiro atoms. The molecule has 0 heterocycles. The molecule has 0 aliphatic carbocycles. The zero-order valence-electron chi connectivity index (χ0n) is 18.7. The van der Waals surface area contributed by atoms with Gasteiger partial charge in [-0.05, 0) is 50.0 Å². The first-order chi connectivity index (χ1) is 15.8. The van der Waals surface area contributed by atoms with Gasteiger partial charge in [0.2, 0.25) is 0 Å². The van der Waals surface area contributed by atoms with Crippen molar-refractivity contribution < 1.29 is 0 Å². The summed E-state index contributed by atoms with van der Waals surface area (Å²) in [6.45, 7) is 3.42. The number of hydrogen-bond acceptors (Lipinski definition) is 1. The molecule has 32 heavy (non-hydrogen) atoms. The minimum absolute atomic E-state index is 0.434. The monoisotopic (exact) mass is 455 g/mol. The first-order valence-corrected chi connectivity index (χ1v) is 14.4. The van der Waals surface area contributed by atoms with E-state index in [1.165, 1.54) is 27.6 Å². The molecule has 162 valence electrons. The van der Waals surface area contributed by atoms with Crippen LogP contribution in [0.5, 0.6) is 0 Å². The first-order valence-electron chi connectivity index (χ1n) is 11.3. The fraction of sp³-hybridized carbons (Fsp3) is 0.172. The second-order valence-corrected chi connectivity index (χ2v) is 12.2. The Bertz CT molecular complexity index is 876. The quantitative estimate of drug-likeness (QED) is 0.270. The molecule has 0 saturated carbocycles. The molecule has 3 heteroatoms. The second kappa shape index (κ2) is 12.1. The van der Waals surface area contributed by atoms with Crippen molar-refractivity contribution in [3.63, 3.8) is 0 Å². The summed E-state index contributed by atoms with van der Waals surface area (Å²) in [7, 11) is -0.868. The van der Waals surface area contributed by atoms with Gasteiger partial charge < -0.3 is 0 Å². The van der Waals surface area contributed by atoms with Crippen LogP contribution in [0.3, 0.4) is 0 Å². The molecule has 4 aromatic rings. The highest BCUT2D eigenvalue weighted by Gasteiger charge is 2.22. The van der Waals surface area contributed by atoms with Crippen molar-refractivity contribution in [3.05, 3.63) is 121 Å². The van der Waals surface area contributed by atoms with E-state index in [2.05, 4.69) is 133 Å². The van der Waals surface area contributed by atoms with Crippen molar-refractivity contribution in [3.8, 4) is 0 Å². The number of benzene rings is 4. The Hall–Kier alpha value is -2.30. The summed E-state index contributed by atoms with van der Waals surface area (Å²) in [5, 5.41) is 5.83. The lowest BCUT2D eigenvalue weighted by Crippen LogP contribution is -2.32. The maximum Gasteiger partial charge on any atom is 0.0269 e. The summed E-state index contributed by atoms with van der Waals surface area (Å²) in [4.78, 5) is 2.72. The van der Waals surface area contributed by atoms with Crippen LogP contribution >= 0.6 is 15.8 Å². The van der Waals surface area contributed by atoms with Crippen LogP contribution in [0.4, 0.5) is 0 Å². The van der Waals surface area contributed by atoms with Gasteiger partial charge in [-0.15, -0.1) is 0 Å². The second-order valence-electron chi connectivity index (χ2n) is 7.88. The molecular formula is C29H31NP2. The molecule has 0 aliphatic rings. The van der Waals surface area contributed by atoms with Gasteiger partial charge in [-0.3, -0.25) is 4.90 Å². The number of rotatable bonds is 10. The van der Waals surface area contributed by atoms with Gasteiger partial charge in [-0.2, -0.15) is 0 Å². The molecule has 0 aliphatic heterocycles. The molecule has 0 aromatic heterocycles. The molecule has 0 N–H and O–H groups in total. The summed E-state index contributed by atoms with van der Waals surface area (Å²) in [6.07, 6.45) is 3.35. The van der Waals surface area contributed by atoms with Crippen LogP contribution < -0.4 is 21.2 Å². The molecular weight excluding hydrogens is 424 g/mol. The molecule has 0 atom stereocenters. The lowest BCUT2D eigenvalue weighted by Gasteiger charge is -2.32. The molecule has 1 nitrogen and oxygen atoms in total. The topological polar surface area (TPSA) is 3.24 Å². The highest BCUT2D eigenvalue weighted by atomic mass is 31.1. The van der Waals surface area contributed by atoms with Gasteiger partial charge in [0, 0.05) is 12.6 Å². The molecule has 0 amide bonds. The van der Waals surface area contributed by atoms with Crippen molar-refractivity contribution in [1.29, 1.82) is 0 Å². The molecule has 0 bridgehead atoms. The fourth-order valence-electron chi connectivity index (χ4n) is 3.96. The summed E-state index contributed by atoms with van der Waals surface area (Å²) in [5.41, 5.74) is 0. The third kappa shape index (κ3) is 6.14. The summed E-state index contributed by atoms with van der Waals surface area (Å²) in [6, 6.07) is 44.4. The predicted octanol–water partition coefficient (Wildman–Crippen LogP) is 5.88. The summed E-state index contributed by atoms with van der Waals surface area (Å²) in [5.74, 6) is 0. The van der Waals surface area contributed by atoms with E-state index in [0.29, 0.717) is 0 Å². The van der Waals surface area contributed by atoms with Gasteiger partial charge >= 0.3 is 0 Å². The fourth-order valence-corrected chi connectivity index (χ4v) is 8.78. The molecule has 4 rings (SSSR count). The van der Waals surface area contributed by atoms with E-state index in [9.17, 15) is 0 Å². The van der Waals surface area contributed by atoms with Crippen molar-refractivity contribution in [2.75, 3.05) is 19.1 Å². The zero-order chi connectivity index (χ0) is 22.0. The maximum absolute atomic E-state index is 2.72. The highest BCUT2D eigenvalue weighted by molar-refractivity contribution is 7.73. The van der Waals surface area contributed by atoms with Crippen molar-refractivity contribution in [2.24, 2.45) is 0 Å². The van der Waals surface area contributed by atoms with Gasteiger partial charge in [0.15, 0.2) is 0 Å². The average molecular weight is 456 g/mol. The van der Waals surface area contributed by atoms with Gasteiger partial charge in [0.25, 0.3) is 0 Å². The van der Waals surface area contributed by atoms with Crippen molar-refractivity contribution in [2.45, 2.75) is 13.3 Å². The minimum Gasteiger partial charge on any atom is -0.294 e. The first kappa shape index (κ1) is 22.9. The van der Waals surface area contributed by atoms with E-state index in [1.807, 2.05) is 0 Å². The predicted molar refractivity (Wildman–Crippen MR) is 145 cm³/mol. The van der Waals surface area contributed by atoms with Crippen molar-refractivity contribution >= 4 is 37.1 Å². The van der Waals surface area contributed by atoms with Crippen LogP contribution in [0, 0.1) is 0 Å². The van der Waals surface area contributed by atoms with Crippen LogP contribution in [-0.2, 0) is 0 Å². The van der Waals surface area contributed by atoms with E-state index >= 15 is 0 Å². The molecule has 0 saturated heterocycles. The maximum atomic E-state index is 2.72. The van der Waals surface area contributed by atoms with Crippen LogP contribution in [0.2, 0.25) is 0 Å². The Morgan fingerprint density at radius 2 is 0.750 bits per heavy atom. The SMILES string of the molecule is CCCN(CP(c1ccccc1)c1ccccc1)CP(c1ccccc1)c1ccccc1. The Labute approximate surface area is 195 Å². The lowest BCUT2D eigenvalue weighted by molar-refractivity contribution is 0.373. The number of hydrogen-bond donors (Lipinski definition) is 0. The van der Waals surface area contributed by atoms with E-state index < -0.39 is 15.8 Å². The standard InChI is InChI=1S/C29H31NP2/c1-2-23-30(24-31(26-15-7-3-8-16-26)27-17-9-4-10-18-27)25-32(28-19-11-5-12-20-28)29-21-13-6-14-22-29/h3-22H,2,23-25H2,1H3. The van der Waals surface area contributed by atoms with Gasteiger partial charge in [-0.25, -0.2) is 0 Å². The largest absolute Gasteiger partial charge is 0.294 e. The van der Waals surface area contributed by atoms with E-state index in [4.69, 9.17) is 0 Å². The van der Waals surface area contributed by atoms with Gasteiger partial charge in [-0.1, -0.05) is 128 Å². The van der Waals surface area contributed by atoms with Crippen LogP contribution in [0.25, 0.3) is 0 Å². The van der Waals surface area contributed by atoms with Gasteiger partial charge in [0.1, 0.15) is 0 Å². The average Bonchev–Trinajstić information content (AvgIpc) is 2.88. The Kier molecular flexibility index (Phi) is 8.63. The van der Waals surface area contributed by atoms with E-state index in [-0.39, 0.29) is 0 Å². The highest BCUT2D eigenvalue weighted by Crippen LogP contribution is 2.39. The molecule has 0 radical (unpaired) electrons. The third-order valence-corrected chi connectivity index (χ3v) is 10.5. The normalized spacial score (nSPS) is 11.4. The number of nitrogens with zero attached hydrogens (tertiary/aromatic N) is 1. The molecule has 4 aromatic carbocycles. The Balaban J connectivity index is 1.65. The van der Waals surface area contributed by atoms with Gasteiger partial charge in [0.05, 0.1) is 0 Å². The molecule has 0 fully saturated rings. The van der Waals surface area contributed by atoms with Crippen LogP contribution in [0.1, 0.15) is 13.3 Å². The third-order valence-electron chi connectivity index (χ3n) is 5.49. The zero-order valence-corrected chi connectivity index (χ0v) is 20.5. The minimum atomic E-state index is -0.434. The van der Waals surface area contributed by atoms with E-state index in [0.717, 1.165) is 19.1 Å². The molecule has 0 unspecified atom stereocenters. The smallest absolute Gasteiger partial charge is 0.0269 e. The van der Waals surface area contributed by atoms with Crippen LogP contribution in [0.15, 0.2) is 121 Å². The Morgan fingerprint density at radius 1 is 0.469 bits per heavy atom. The van der Waals surface area contributed by atoms with E-state index in [1.54, 1.807) is 0 Å². The van der Waals surface area contributed by atoms with Crippen molar-refractivity contribution in [1.82, 2.24) is 4.90 Å². The summed E-state index contributed by atoms with van der Waals surface area (Å²) >= 11 is 0. The van der Waals surface area contributed by atoms with Crippen LogP contribution in [-0.4, -0.2) is 24.0 Å². The Morgan fingerprint density at radius 3 is 1.00 bits per heavy atom. The lowest BCUT2D eigenvalue weighted by atomic mass is 10.4. The summed E-state index contributed by atoms with van der Waals surface area (Å²) < 4.78 is 0.